The van der Waals surface area contributed by atoms with E-state index in [1.807, 2.05) is 50.2 Å². The van der Waals surface area contributed by atoms with Crippen molar-refractivity contribution in [3.8, 4) is 0 Å². The molecule has 1 aliphatic heterocycles. The maximum atomic E-state index is 12.6. The lowest BCUT2D eigenvalue weighted by atomic mass is 9.94. The SMILES string of the molecule is Cc1cccc(C(=O)c2ccc3c(c2)COC3)c1C. The van der Waals surface area contributed by atoms with Crippen LogP contribution in [-0.4, -0.2) is 5.78 Å². The summed E-state index contributed by atoms with van der Waals surface area (Å²) in [5.41, 5.74) is 6.07. The highest BCUT2D eigenvalue weighted by molar-refractivity contribution is 6.10. The van der Waals surface area contributed by atoms with Crippen LogP contribution < -0.4 is 0 Å². The maximum absolute atomic E-state index is 12.6. The Hall–Kier alpha value is -1.93. The first-order chi connectivity index (χ1) is 9.16. The second kappa shape index (κ2) is 4.63. The predicted octanol–water partition coefficient (Wildman–Crippen LogP) is 3.56. The molecule has 0 radical (unpaired) electrons. The van der Waals surface area contributed by atoms with Gasteiger partial charge in [-0.05, 0) is 42.2 Å². The molecule has 0 bridgehead atoms. The van der Waals surface area contributed by atoms with E-state index in [4.69, 9.17) is 4.74 Å². The van der Waals surface area contributed by atoms with Crippen LogP contribution in [0.1, 0.15) is 38.2 Å². The smallest absolute Gasteiger partial charge is 0.193 e. The Labute approximate surface area is 113 Å². The van der Waals surface area contributed by atoms with E-state index in [0.717, 1.165) is 27.8 Å². The molecule has 0 spiro atoms. The van der Waals surface area contributed by atoms with Gasteiger partial charge in [0.15, 0.2) is 5.78 Å². The third-order valence-corrected chi connectivity index (χ3v) is 3.83. The zero-order valence-electron chi connectivity index (χ0n) is 11.2. The fraction of sp³-hybridized carbons (Fsp3) is 0.235. The lowest BCUT2D eigenvalue weighted by molar-refractivity contribution is 0.103. The molecular weight excluding hydrogens is 236 g/mol. The van der Waals surface area contributed by atoms with Gasteiger partial charge in [0.1, 0.15) is 0 Å². The second-order valence-electron chi connectivity index (χ2n) is 5.05. The van der Waals surface area contributed by atoms with Crippen molar-refractivity contribution in [1.82, 2.24) is 0 Å². The number of carbonyl (C=O) groups is 1. The highest BCUT2D eigenvalue weighted by Crippen LogP contribution is 2.23. The average molecular weight is 252 g/mol. The minimum absolute atomic E-state index is 0.0934. The first kappa shape index (κ1) is 12.1. The van der Waals surface area contributed by atoms with Crippen LogP contribution in [0.15, 0.2) is 36.4 Å². The van der Waals surface area contributed by atoms with Crippen molar-refractivity contribution in [2.45, 2.75) is 27.1 Å². The fourth-order valence-electron chi connectivity index (χ4n) is 2.47. The minimum Gasteiger partial charge on any atom is -0.372 e. The highest BCUT2D eigenvalue weighted by atomic mass is 16.5. The molecule has 2 aromatic carbocycles. The molecule has 0 fully saturated rings. The normalized spacial score (nSPS) is 13.4. The second-order valence-corrected chi connectivity index (χ2v) is 5.05. The Morgan fingerprint density at radius 2 is 1.84 bits per heavy atom. The molecule has 0 saturated heterocycles. The fourth-order valence-corrected chi connectivity index (χ4v) is 2.47. The molecule has 0 saturated carbocycles. The van der Waals surface area contributed by atoms with Gasteiger partial charge < -0.3 is 4.74 Å². The number of hydrogen-bond donors (Lipinski definition) is 0. The molecule has 96 valence electrons. The Kier molecular flexibility index (Phi) is 2.96. The molecule has 0 N–H and O–H groups in total. The Morgan fingerprint density at radius 1 is 1.05 bits per heavy atom. The van der Waals surface area contributed by atoms with E-state index in [9.17, 15) is 4.79 Å². The van der Waals surface area contributed by atoms with Gasteiger partial charge in [-0.3, -0.25) is 4.79 Å². The number of carbonyl (C=O) groups excluding carboxylic acids is 1. The Bertz CT molecular complexity index is 656. The van der Waals surface area contributed by atoms with Gasteiger partial charge in [0.05, 0.1) is 13.2 Å². The van der Waals surface area contributed by atoms with Crippen LogP contribution >= 0.6 is 0 Å². The van der Waals surface area contributed by atoms with Crippen molar-refractivity contribution in [3.05, 3.63) is 69.8 Å². The van der Waals surface area contributed by atoms with Crippen molar-refractivity contribution < 1.29 is 9.53 Å². The zero-order valence-corrected chi connectivity index (χ0v) is 11.2. The number of fused-ring (bicyclic) bond motifs is 1. The van der Waals surface area contributed by atoms with E-state index >= 15 is 0 Å². The van der Waals surface area contributed by atoms with Crippen LogP contribution in [0.3, 0.4) is 0 Å². The summed E-state index contributed by atoms with van der Waals surface area (Å²) in [4.78, 5) is 12.6. The molecule has 1 aliphatic rings. The summed E-state index contributed by atoms with van der Waals surface area (Å²) < 4.78 is 5.39. The largest absolute Gasteiger partial charge is 0.372 e. The lowest BCUT2D eigenvalue weighted by Crippen LogP contribution is -2.05. The number of rotatable bonds is 2. The van der Waals surface area contributed by atoms with Gasteiger partial charge in [-0.25, -0.2) is 0 Å². The van der Waals surface area contributed by atoms with E-state index in [-0.39, 0.29) is 5.78 Å². The van der Waals surface area contributed by atoms with E-state index in [1.165, 1.54) is 5.56 Å². The van der Waals surface area contributed by atoms with Gasteiger partial charge in [0, 0.05) is 11.1 Å². The van der Waals surface area contributed by atoms with Crippen molar-refractivity contribution in [3.63, 3.8) is 0 Å². The summed E-state index contributed by atoms with van der Waals surface area (Å²) in [6.07, 6.45) is 0. The van der Waals surface area contributed by atoms with Crippen LogP contribution in [0.2, 0.25) is 0 Å². The van der Waals surface area contributed by atoms with E-state index in [0.29, 0.717) is 13.2 Å². The average Bonchev–Trinajstić information content (AvgIpc) is 2.88. The number of ether oxygens (including phenoxy) is 1. The maximum Gasteiger partial charge on any atom is 0.193 e. The van der Waals surface area contributed by atoms with Gasteiger partial charge in [0.2, 0.25) is 0 Å². The van der Waals surface area contributed by atoms with Gasteiger partial charge in [-0.1, -0.05) is 30.3 Å². The lowest BCUT2D eigenvalue weighted by Gasteiger charge is -2.08. The molecule has 2 aromatic rings. The van der Waals surface area contributed by atoms with Crippen LogP contribution in [-0.2, 0) is 18.0 Å². The van der Waals surface area contributed by atoms with Crippen LogP contribution in [0.4, 0.5) is 0 Å². The number of benzene rings is 2. The van der Waals surface area contributed by atoms with Gasteiger partial charge in [0.25, 0.3) is 0 Å². The van der Waals surface area contributed by atoms with Crippen LogP contribution in [0.25, 0.3) is 0 Å². The Balaban J connectivity index is 2.02. The molecule has 0 aliphatic carbocycles. The molecule has 1 heterocycles. The van der Waals surface area contributed by atoms with E-state index < -0.39 is 0 Å². The summed E-state index contributed by atoms with van der Waals surface area (Å²) in [5.74, 6) is 0.0934. The van der Waals surface area contributed by atoms with Gasteiger partial charge in [-0.15, -0.1) is 0 Å². The highest BCUT2D eigenvalue weighted by Gasteiger charge is 2.16. The standard InChI is InChI=1S/C17H16O2/c1-11-4-3-5-16(12(11)2)17(18)13-6-7-14-9-19-10-15(14)8-13/h3-8H,9-10H2,1-2H3. The van der Waals surface area contributed by atoms with Crippen molar-refractivity contribution in [2.75, 3.05) is 0 Å². The number of hydrogen-bond acceptors (Lipinski definition) is 2. The molecule has 0 amide bonds. The molecule has 0 atom stereocenters. The van der Waals surface area contributed by atoms with Crippen molar-refractivity contribution in [1.29, 1.82) is 0 Å². The van der Waals surface area contributed by atoms with E-state index in [2.05, 4.69) is 0 Å². The third-order valence-electron chi connectivity index (χ3n) is 3.83. The zero-order chi connectivity index (χ0) is 13.4. The monoisotopic (exact) mass is 252 g/mol. The Morgan fingerprint density at radius 3 is 2.68 bits per heavy atom. The predicted molar refractivity (Wildman–Crippen MR) is 74.3 cm³/mol. The summed E-state index contributed by atoms with van der Waals surface area (Å²) in [6, 6.07) is 11.7. The molecule has 19 heavy (non-hydrogen) atoms. The summed E-state index contributed by atoms with van der Waals surface area (Å²) in [7, 11) is 0. The summed E-state index contributed by atoms with van der Waals surface area (Å²) in [6.45, 7) is 5.30. The van der Waals surface area contributed by atoms with Gasteiger partial charge in [-0.2, -0.15) is 0 Å². The molecule has 0 aromatic heterocycles. The molecule has 3 rings (SSSR count). The quantitative estimate of drug-likeness (QED) is 0.764. The first-order valence-corrected chi connectivity index (χ1v) is 6.47. The number of aryl methyl sites for hydroxylation is 1. The van der Waals surface area contributed by atoms with Crippen molar-refractivity contribution in [2.24, 2.45) is 0 Å². The minimum atomic E-state index is 0.0934. The topological polar surface area (TPSA) is 26.3 Å². The summed E-state index contributed by atoms with van der Waals surface area (Å²) in [5, 5.41) is 0. The van der Waals surface area contributed by atoms with Crippen molar-refractivity contribution >= 4 is 5.78 Å². The molecule has 2 heteroatoms. The third kappa shape index (κ3) is 2.08. The molecular formula is C17H16O2. The summed E-state index contributed by atoms with van der Waals surface area (Å²) >= 11 is 0. The van der Waals surface area contributed by atoms with Crippen LogP contribution in [0.5, 0.6) is 0 Å². The van der Waals surface area contributed by atoms with Crippen LogP contribution in [0, 0.1) is 13.8 Å². The van der Waals surface area contributed by atoms with E-state index in [1.54, 1.807) is 0 Å². The number of ketones is 1. The van der Waals surface area contributed by atoms with Gasteiger partial charge >= 0.3 is 0 Å². The molecule has 2 nitrogen and oxygen atoms in total. The molecule has 0 unspecified atom stereocenters. The first-order valence-electron chi connectivity index (χ1n) is 6.47.